The molecule has 1 aromatic carbocycles. The van der Waals surface area contributed by atoms with Crippen molar-refractivity contribution in [1.82, 2.24) is 0 Å². The number of carbonyl (C=O) groups is 1. The monoisotopic (exact) mass is 234 g/mol. The van der Waals surface area contributed by atoms with Gasteiger partial charge in [0.1, 0.15) is 5.82 Å². The van der Waals surface area contributed by atoms with Crippen LogP contribution in [-0.4, -0.2) is 11.1 Å². The minimum Gasteiger partial charge on any atom is -0.478 e. The molecule has 16 heavy (non-hydrogen) atoms. The Hall–Kier alpha value is -1.85. The van der Waals surface area contributed by atoms with Crippen LogP contribution in [0.4, 0.5) is 17.6 Å². The van der Waals surface area contributed by atoms with E-state index >= 15 is 0 Å². The average molecular weight is 234 g/mol. The molecule has 0 radical (unpaired) electrons. The lowest BCUT2D eigenvalue weighted by Crippen LogP contribution is -2.11. The number of benzene rings is 1. The van der Waals surface area contributed by atoms with Crippen molar-refractivity contribution in [2.45, 2.75) is 6.18 Å². The van der Waals surface area contributed by atoms with Gasteiger partial charge in [-0.25, -0.2) is 9.18 Å². The number of rotatable bonds is 2. The number of halogens is 4. The van der Waals surface area contributed by atoms with Gasteiger partial charge in [0.05, 0.1) is 11.1 Å². The molecule has 0 saturated carbocycles. The summed E-state index contributed by atoms with van der Waals surface area (Å²) < 4.78 is 50.2. The highest BCUT2D eigenvalue weighted by Gasteiger charge is 2.35. The molecule has 0 amide bonds. The molecule has 0 fully saturated rings. The van der Waals surface area contributed by atoms with Crippen LogP contribution >= 0.6 is 0 Å². The van der Waals surface area contributed by atoms with Crippen molar-refractivity contribution >= 4 is 11.5 Å². The molecule has 0 aromatic heterocycles. The van der Waals surface area contributed by atoms with Gasteiger partial charge in [0.25, 0.3) is 0 Å². The lowest BCUT2D eigenvalue weighted by molar-refractivity contribution is -0.140. The molecule has 0 bridgehead atoms. The van der Waals surface area contributed by atoms with Crippen molar-refractivity contribution in [2.24, 2.45) is 0 Å². The van der Waals surface area contributed by atoms with E-state index in [1.54, 1.807) is 0 Å². The van der Waals surface area contributed by atoms with Crippen LogP contribution in [0, 0.1) is 5.82 Å². The summed E-state index contributed by atoms with van der Waals surface area (Å²) in [5.41, 5.74) is -2.89. The first kappa shape index (κ1) is 12.2. The third kappa shape index (κ3) is 2.21. The number of carboxylic acid groups (broad SMARTS) is 1. The van der Waals surface area contributed by atoms with Crippen molar-refractivity contribution in [3.63, 3.8) is 0 Å². The Balaban J connectivity index is 3.36. The molecule has 0 saturated heterocycles. The summed E-state index contributed by atoms with van der Waals surface area (Å²) in [4.78, 5) is 10.5. The standard InChI is InChI=1S/C10H6F4O2/c1-5(9(15)16)6-3-2-4-7(8(6)11)10(12,13)14/h2-4H,1H2,(H,15,16). The van der Waals surface area contributed by atoms with Crippen molar-refractivity contribution in [3.8, 4) is 0 Å². The fraction of sp³-hybridized carbons (Fsp3) is 0.100. The largest absolute Gasteiger partial charge is 0.478 e. The Bertz CT molecular complexity index is 449. The van der Waals surface area contributed by atoms with E-state index in [1.165, 1.54) is 0 Å². The molecular weight excluding hydrogens is 228 g/mol. The van der Waals surface area contributed by atoms with Gasteiger partial charge in [-0.15, -0.1) is 0 Å². The molecule has 0 aliphatic rings. The zero-order chi connectivity index (χ0) is 12.5. The maximum Gasteiger partial charge on any atom is 0.419 e. The maximum atomic E-state index is 13.3. The number of aliphatic carboxylic acids is 1. The van der Waals surface area contributed by atoms with E-state index in [9.17, 15) is 22.4 Å². The second-order valence-corrected chi connectivity index (χ2v) is 2.95. The van der Waals surface area contributed by atoms with Gasteiger partial charge in [-0.1, -0.05) is 18.7 Å². The molecule has 0 unspecified atom stereocenters. The highest BCUT2D eigenvalue weighted by molar-refractivity contribution is 6.14. The number of alkyl halides is 3. The van der Waals surface area contributed by atoms with Gasteiger partial charge in [-0.3, -0.25) is 0 Å². The van der Waals surface area contributed by atoms with Gasteiger partial charge in [0.2, 0.25) is 0 Å². The minimum absolute atomic E-state index is 0.536. The van der Waals surface area contributed by atoms with E-state index < -0.39 is 34.7 Å². The molecule has 2 nitrogen and oxygen atoms in total. The van der Waals surface area contributed by atoms with Gasteiger partial charge >= 0.3 is 12.1 Å². The second-order valence-electron chi connectivity index (χ2n) is 2.95. The van der Waals surface area contributed by atoms with Crippen molar-refractivity contribution in [1.29, 1.82) is 0 Å². The average Bonchev–Trinajstić information content (AvgIpc) is 2.15. The molecule has 1 rings (SSSR count). The molecule has 1 N–H and O–H groups in total. The minimum atomic E-state index is -4.86. The third-order valence-electron chi connectivity index (χ3n) is 1.89. The van der Waals surface area contributed by atoms with E-state index in [0.29, 0.717) is 6.07 Å². The first-order valence-corrected chi connectivity index (χ1v) is 4.03. The molecule has 0 aliphatic carbocycles. The van der Waals surface area contributed by atoms with E-state index in [-0.39, 0.29) is 0 Å². The van der Waals surface area contributed by atoms with Crippen LogP contribution in [0.25, 0.3) is 5.57 Å². The highest BCUT2D eigenvalue weighted by Crippen LogP contribution is 2.33. The molecular formula is C10H6F4O2. The Morgan fingerprint density at radius 1 is 1.31 bits per heavy atom. The van der Waals surface area contributed by atoms with Gasteiger partial charge in [-0.2, -0.15) is 13.2 Å². The number of hydrogen-bond donors (Lipinski definition) is 1. The summed E-state index contributed by atoms with van der Waals surface area (Å²) in [5.74, 6) is -3.19. The van der Waals surface area contributed by atoms with Gasteiger partial charge in [-0.05, 0) is 6.07 Å². The summed E-state index contributed by atoms with van der Waals surface area (Å²) in [6, 6.07) is 2.39. The van der Waals surface area contributed by atoms with Crippen molar-refractivity contribution in [2.75, 3.05) is 0 Å². The van der Waals surface area contributed by atoms with E-state index in [0.717, 1.165) is 12.1 Å². The van der Waals surface area contributed by atoms with Gasteiger partial charge in [0.15, 0.2) is 0 Å². The number of hydrogen-bond acceptors (Lipinski definition) is 1. The molecule has 0 spiro atoms. The fourth-order valence-electron chi connectivity index (χ4n) is 1.10. The van der Waals surface area contributed by atoms with Crippen molar-refractivity contribution < 1.29 is 27.5 Å². The molecule has 0 aliphatic heterocycles. The first-order valence-electron chi connectivity index (χ1n) is 4.03. The summed E-state index contributed by atoms with van der Waals surface area (Å²) >= 11 is 0. The van der Waals surface area contributed by atoms with E-state index in [2.05, 4.69) is 6.58 Å². The maximum absolute atomic E-state index is 13.3. The molecule has 86 valence electrons. The quantitative estimate of drug-likeness (QED) is 0.631. The zero-order valence-electron chi connectivity index (χ0n) is 7.81. The zero-order valence-corrected chi connectivity index (χ0v) is 7.81. The summed E-state index contributed by atoms with van der Waals surface area (Å²) in [6.07, 6.45) is -4.86. The Morgan fingerprint density at radius 3 is 2.31 bits per heavy atom. The van der Waals surface area contributed by atoms with Crippen LogP contribution < -0.4 is 0 Å². The molecule has 0 atom stereocenters. The van der Waals surface area contributed by atoms with Crippen molar-refractivity contribution in [3.05, 3.63) is 41.7 Å². The topological polar surface area (TPSA) is 37.3 Å². The number of carboxylic acids is 1. The Labute approximate surface area is 87.8 Å². The summed E-state index contributed by atoms with van der Waals surface area (Å²) in [6.45, 7) is 3.00. The van der Waals surface area contributed by atoms with E-state index in [4.69, 9.17) is 5.11 Å². The van der Waals surface area contributed by atoms with Crippen LogP contribution in [0.3, 0.4) is 0 Å². The highest BCUT2D eigenvalue weighted by atomic mass is 19.4. The van der Waals surface area contributed by atoms with Gasteiger partial charge in [0, 0.05) is 5.56 Å². The molecule has 1 aromatic rings. The molecule has 6 heteroatoms. The molecule has 0 heterocycles. The summed E-state index contributed by atoms with van der Waals surface area (Å²) in [5, 5.41) is 8.51. The Kier molecular flexibility index (Phi) is 3.02. The first-order chi connectivity index (χ1) is 7.25. The van der Waals surface area contributed by atoms with Crippen LogP contribution in [0.15, 0.2) is 24.8 Å². The Morgan fingerprint density at radius 2 is 1.88 bits per heavy atom. The van der Waals surface area contributed by atoms with Gasteiger partial charge < -0.3 is 5.11 Å². The lowest BCUT2D eigenvalue weighted by Gasteiger charge is -2.10. The third-order valence-corrected chi connectivity index (χ3v) is 1.89. The van der Waals surface area contributed by atoms with Crippen LogP contribution in [0.5, 0.6) is 0 Å². The van der Waals surface area contributed by atoms with Crippen LogP contribution in [-0.2, 0) is 11.0 Å². The SMILES string of the molecule is C=C(C(=O)O)c1cccc(C(F)(F)F)c1F. The second kappa shape index (κ2) is 3.96. The van der Waals surface area contributed by atoms with E-state index in [1.807, 2.05) is 0 Å². The van der Waals surface area contributed by atoms with Crippen LogP contribution in [0.1, 0.15) is 11.1 Å². The fourth-order valence-corrected chi connectivity index (χ4v) is 1.10. The predicted octanol–water partition coefficient (Wildman–Crippen LogP) is 2.94. The lowest BCUT2D eigenvalue weighted by atomic mass is 10.0. The smallest absolute Gasteiger partial charge is 0.419 e. The summed E-state index contributed by atoms with van der Waals surface area (Å²) in [7, 11) is 0. The van der Waals surface area contributed by atoms with Crippen LogP contribution in [0.2, 0.25) is 0 Å². The normalized spacial score (nSPS) is 11.2. The predicted molar refractivity (Wildman–Crippen MR) is 48.1 cm³/mol.